The van der Waals surface area contributed by atoms with Gasteiger partial charge in [-0.1, -0.05) is 49.6 Å². The zero-order valence-electron chi connectivity index (χ0n) is 66.2. The van der Waals surface area contributed by atoms with Gasteiger partial charge >= 0.3 is 11.9 Å². The molecule has 2 aliphatic heterocycles. The predicted molar refractivity (Wildman–Crippen MR) is 434 cm³/mol. The Bertz CT molecular complexity index is 5060. The summed E-state index contributed by atoms with van der Waals surface area (Å²) in [6.45, 7) is 9.49. The number of pyridine rings is 2. The average Bonchev–Trinajstić information content (AvgIpc) is 0.669. The van der Waals surface area contributed by atoms with E-state index in [1.807, 2.05) is 0 Å². The standard InChI is InChI=1S/C90H86N6O22/c1-11-75(97)113-37-35-111-33-31-93(51-55-19-17-29-91-49-55)89(103)69(39-53(3)105-5)95-85(99)65-45-71(115-61-25-13-21-57(41-61)107-7)79-81-73(117-63-27-15-23-59(43-63)109-9)47-67-78-68(88(102)96(87(67)101)70(40-54(4)106-6)90(104)94(52-56-20-18-30-92-50-56)32-34-112-36-38-114-76(98)12-2)48-74(118-64-28-16-24-60(44-64)110-10)82(84(78)81)80-72(46-66(86(95)100)77(65)83(79)80)116-62-26-14-22-58(42-62)108-8/h11-30,41-50,53-54,69-70H,1-2,31-40,51-52H2,3-10H3. The van der Waals surface area contributed by atoms with E-state index in [9.17, 15) is 9.59 Å². The lowest BCUT2D eigenvalue weighted by Crippen LogP contribution is -2.56. The predicted octanol–water partition coefficient (Wildman–Crippen LogP) is 14.1. The van der Waals surface area contributed by atoms with Gasteiger partial charge in [0, 0.05) is 158 Å². The number of esters is 2. The number of carbonyl (C=O) groups is 8. The van der Waals surface area contributed by atoms with Crippen LogP contribution in [0.25, 0.3) is 43.1 Å². The number of aromatic nitrogens is 2. The lowest BCUT2D eigenvalue weighted by Gasteiger charge is -2.38. The summed E-state index contributed by atoms with van der Waals surface area (Å²) >= 11 is 0. The van der Waals surface area contributed by atoms with Crippen LogP contribution in [-0.4, -0.2) is 197 Å². The van der Waals surface area contributed by atoms with Crippen LogP contribution in [0.2, 0.25) is 0 Å². The van der Waals surface area contributed by atoms with Crippen LogP contribution in [0.15, 0.2) is 196 Å². The lowest BCUT2D eigenvalue weighted by atomic mass is 9.80. The fourth-order valence-corrected chi connectivity index (χ4v) is 14.5. The summed E-state index contributed by atoms with van der Waals surface area (Å²) in [5.74, 6) is -4.57. The molecule has 13 rings (SSSR count). The monoisotopic (exact) mass is 1600 g/mol. The van der Waals surface area contributed by atoms with Gasteiger partial charge in [-0.2, -0.15) is 0 Å². The van der Waals surface area contributed by atoms with E-state index in [2.05, 4.69) is 23.1 Å². The van der Waals surface area contributed by atoms with E-state index in [1.54, 1.807) is 160 Å². The van der Waals surface area contributed by atoms with Gasteiger partial charge in [-0.25, -0.2) is 9.59 Å². The Kier molecular flexibility index (Phi) is 26.1. The largest absolute Gasteiger partial charge is 0.497 e. The molecule has 4 unspecified atom stereocenters. The Labute approximate surface area is 679 Å². The van der Waals surface area contributed by atoms with Crippen molar-refractivity contribution in [1.29, 1.82) is 0 Å². The first-order valence-electron chi connectivity index (χ1n) is 37.8. The van der Waals surface area contributed by atoms with Gasteiger partial charge in [0.2, 0.25) is 11.8 Å². The second-order valence-corrected chi connectivity index (χ2v) is 27.6. The molecule has 0 spiro atoms. The summed E-state index contributed by atoms with van der Waals surface area (Å²) in [6, 6.07) is 36.4. The maximum Gasteiger partial charge on any atom is 0.330 e. The van der Waals surface area contributed by atoms with E-state index in [1.165, 1.54) is 76.7 Å². The number of ether oxygens (including phenoxy) is 14. The number of benzene rings is 9. The molecule has 0 radical (unpaired) electrons. The number of imide groups is 2. The molecule has 0 fully saturated rings. The highest BCUT2D eigenvalue weighted by molar-refractivity contribution is 6.45. The number of hydrogen-bond acceptors (Lipinski definition) is 24. The highest BCUT2D eigenvalue weighted by Gasteiger charge is 2.48. The topological polar surface area (TPSA) is 305 Å². The number of hydrogen-bond donors (Lipinski definition) is 0. The van der Waals surface area contributed by atoms with E-state index in [4.69, 9.17) is 66.3 Å². The highest BCUT2D eigenvalue weighted by atomic mass is 16.6. The quantitative estimate of drug-likeness (QED) is 0.00860. The number of fused-ring (bicyclic) bond motifs is 2. The van der Waals surface area contributed by atoms with Gasteiger partial charge in [0.05, 0.1) is 89.3 Å². The van der Waals surface area contributed by atoms with Crippen LogP contribution < -0.4 is 37.9 Å². The molecule has 0 bridgehead atoms. The summed E-state index contributed by atoms with van der Waals surface area (Å²) in [4.78, 5) is 137. The van der Waals surface area contributed by atoms with Gasteiger partial charge in [0.25, 0.3) is 23.6 Å². The van der Waals surface area contributed by atoms with Crippen molar-refractivity contribution >= 4 is 90.5 Å². The highest BCUT2D eigenvalue weighted by Crippen LogP contribution is 2.58. The van der Waals surface area contributed by atoms with Gasteiger partial charge in [-0.15, -0.1) is 0 Å². The first kappa shape index (κ1) is 82.4. The number of methoxy groups -OCH3 is 6. The fraction of sp³-hybridized carbons (Fsp3) is 0.267. The molecule has 0 aliphatic carbocycles. The van der Waals surface area contributed by atoms with Crippen molar-refractivity contribution in [3.63, 3.8) is 0 Å². The van der Waals surface area contributed by atoms with Crippen molar-refractivity contribution in [3.8, 4) is 69.0 Å². The van der Waals surface area contributed by atoms with Crippen molar-refractivity contribution in [2.24, 2.45) is 0 Å². The van der Waals surface area contributed by atoms with Crippen LogP contribution in [0.5, 0.6) is 69.0 Å². The molecule has 118 heavy (non-hydrogen) atoms. The molecule has 608 valence electrons. The minimum Gasteiger partial charge on any atom is -0.497 e. The number of amides is 6. The summed E-state index contributed by atoms with van der Waals surface area (Å²) in [7, 11) is 8.82. The van der Waals surface area contributed by atoms with Crippen molar-refractivity contribution < 1.29 is 105 Å². The van der Waals surface area contributed by atoms with Gasteiger partial charge in [0.15, 0.2) is 0 Å². The van der Waals surface area contributed by atoms with Crippen LogP contribution in [0.4, 0.5) is 0 Å². The molecule has 0 saturated heterocycles. The van der Waals surface area contributed by atoms with Crippen LogP contribution in [-0.2, 0) is 60.7 Å². The van der Waals surface area contributed by atoms with Gasteiger partial charge < -0.3 is 76.1 Å². The molecule has 2 aliphatic rings. The van der Waals surface area contributed by atoms with E-state index in [-0.39, 0.29) is 190 Å². The Hall–Kier alpha value is -13.5. The molecule has 11 aromatic rings. The molecular weight excluding hydrogens is 1520 g/mol. The molecule has 28 nitrogen and oxygen atoms in total. The Morgan fingerprint density at radius 1 is 0.390 bits per heavy atom. The second kappa shape index (κ2) is 37.4. The van der Waals surface area contributed by atoms with Crippen molar-refractivity contribution in [2.45, 2.75) is 64.1 Å². The lowest BCUT2D eigenvalue weighted by molar-refractivity contribution is -0.141. The first-order valence-corrected chi connectivity index (χ1v) is 37.8. The van der Waals surface area contributed by atoms with Crippen molar-refractivity contribution in [2.75, 3.05) is 95.4 Å². The van der Waals surface area contributed by atoms with Crippen LogP contribution >= 0.6 is 0 Å². The number of nitrogens with zero attached hydrogens (tertiary/aromatic N) is 6. The molecule has 6 amide bonds. The number of carbonyl (C=O) groups excluding carboxylic acids is 8. The molecule has 9 aromatic carbocycles. The Morgan fingerprint density at radius 2 is 0.695 bits per heavy atom. The zero-order chi connectivity index (χ0) is 83.3. The van der Waals surface area contributed by atoms with Crippen LogP contribution in [0.3, 0.4) is 0 Å². The van der Waals surface area contributed by atoms with Crippen LogP contribution in [0.1, 0.15) is 79.2 Å². The first-order chi connectivity index (χ1) is 57.3. The zero-order valence-corrected chi connectivity index (χ0v) is 66.2. The van der Waals surface area contributed by atoms with Crippen molar-refractivity contribution in [3.05, 3.63) is 229 Å². The van der Waals surface area contributed by atoms with E-state index >= 15 is 28.8 Å². The van der Waals surface area contributed by atoms with E-state index in [0.29, 0.717) is 34.1 Å². The molecule has 0 N–H and O–H groups in total. The SMILES string of the molecule is C=CC(=O)OCCOCCN(Cc1cccnc1)C(=O)C(CC(C)OC)N1C(=O)c2cc(Oc3cccc(OC)c3)c3c4c(Oc5cccc(OC)c5)cc5c6c(cc(Oc7cccc(OC)c7)c(c7c(Oc8cccc(OC)c8)cc(c2c37)C1=O)c64)C(=O)N(C(CC(C)OC)C(=O)N(CCOCCOC(=O)C=C)Cc1cccnc1)C5=O. The maximum absolute atomic E-state index is 16.8. The maximum atomic E-state index is 16.8. The second-order valence-electron chi connectivity index (χ2n) is 27.6. The molecule has 4 heterocycles. The third-order valence-corrected chi connectivity index (χ3v) is 20.3. The molecule has 4 atom stereocenters. The van der Waals surface area contributed by atoms with E-state index in [0.717, 1.165) is 22.0 Å². The molecular formula is C90H86N6O22. The summed E-state index contributed by atoms with van der Waals surface area (Å²) in [5.41, 5.74) is 0.641. The minimum absolute atomic E-state index is 0.0408. The van der Waals surface area contributed by atoms with E-state index < -0.39 is 71.7 Å². The molecule has 2 aromatic heterocycles. The molecule has 28 heteroatoms. The third-order valence-electron chi connectivity index (χ3n) is 20.3. The minimum atomic E-state index is -1.61. The van der Waals surface area contributed by atoms with Crippen LogP contribution in [0, 0.1) is 0 Å². The van der Waals surface area contributed by atoms with Gasteiger partial charge in [-0.3, -0.25) is 48.5 Å². The summed E-state index contributed by atoms with van der Waals surface area (Å²) < 4.78 is 86.1. The molecule has 0 saturated carbocycles. The van der Waals surface area contributed by atoms with Gasteiger partial charge in [-0.05, 0) is 110 Å². The normalized spacial score (nSPS) is 13.4. The fourth-order valence-electron chi connectivity index (χ4n) is 14.5. The summed E-state index contributed by atoms with van der Waals surface area (Å²) in [6.07, 6.45) is 6.38. The third kappa shape index (κ3) is 17.6. The number of rotatable bonds is 40. The van der Waals surface area contributed by atoms with Gasteiger partial charge in [0.1, 0.15) is 94.3 Å². The van der Waals surface area contributed by atoms with Crippen molar-refractivity contribution in [1.82, 2.24) is 29.6 Å². The summed E-state index contributed by atoms with van der Waals surface area (Å²) in [5, 5.41) is 0.845. The Balaban J connectivity index is 1.12. The average molecular weight is 1600 g/mol. The Morgan fingerprint density at radius 3 is 0.966 bits per heavy atom. The smallest absolute Gasteiger partial charge is 0.330 e.